The number of anilines is 2. The normalized spacial score (nSPS) is 15.0. The molecule has 0 spiro atoms. The van der Waals surface area contributed by atoms with E-state index < -0.39 is 0 Å². The standard InChI is InChI=1S/C18H26N4/c1-14-7-6-8-15-17(14)16(19-9-12-21(2)3)13-20-18(15)22-10-4-5-11-22/h6-8,13,19H,4-5,9-12H2,1-3H3. The number of hydrogen-bond acceptors (Lipinski definition) is 4. The number of hydrogen-bond donors (Lipinski definition) is 1. The molecule has 4 heteroatoms. The van der Waals surface area contributed by atoms with Gasteiger partial charge in [-0.05, 0) is 39.4 Å². The summed E-state index contributed by atoms with van der Waals surface area (Å²) in [6.45, 7) is 6.39. The number of pyridine rings is 1. The lowest BCUT2D eigenvalue weighted by Crippen LogP contribution is -2.22. The number of aryl methyl sites for hydroxylation is 1. The van der Waals surface area contributed by atoms with E-state index in [2.05, 4.69) is 54.3 Å². The van der Waals surface area contributed by atoms with Crippen molar-refractivity contribution in [1.29, 1.82) is 0 Å². The predicted octanol–water partition coefficient (Wildman–Crippen LogP) is 3.12. The first-order valence-electron chi connectivity index (χ1n) is 8.18. The number of nitrogens with zero attached hydrogens (tertiary/aromatic N) is 3. The van der Waals surface area contributed by atoms with Crippen LogP contribution >= 0.6 is 0 Å². The van der Waals surface area contributed by atoms with Crippen molar-refractivity contribution in [2.45, 2.75) is 19.8 Å². The van der Waals surface area contributed by atoms with Crippen molar-refractivity contribution in [2.24, 2.45) is 0 Å². The summed E-state index contributed by atoms with van der Waals surface area (Å²) in [5, 5.41) is 6.15. The van der Waals surface area contributed by atoms with Crippen LogP contribution in [0.4, 0.5) is 11.5 Å². The molecule has 0 amide bonds. The van der Waals surface area contributed by atoms with Gasteiger partial charge in [0.25, 0.3) is 0 Å². The van der Waals surface area contributed by atoms with Gasteiger partial charge < -0.3 is 15.1 Å². The molecule has 1 aromatic carbocycles. The molecule has 0 bridgehead atoms. The van der Waals surface area contributed by atoms with E-state index in [9.17, 15) is 0 Å². The van der Waals surface area contributed by atoms with Gasteiger partial charge in [0.15, 0.2) is 0 Å². The smallest absolute Gasteiger partial charge is 0.136 e. The van der Waals surface area contributed by atoms with Crippen LogP contribution < -0.4 is 10.2 Å². The van der Waals surface area contributed by atoms with Crippen LogP contribution in [0.25, 0.3) is 10.8 Å². The molecule has 2 aromatic rings. The van der Waals surface area contributed by atoms with Crippen LogP contribution in [0.1, 0.15) is 18.4 Å². The Hall–Kier alpha value is -1.81. The van der Waals surface area contributed by atoms with E-state index in [-0.39, 0.29) is 0 Å². The van der Waals surface area contributed by atoms with E-state index >= 15 is 0 Å². The maximum absolute atomic E-state index is 4.78. The van der Waals surface area contributed by atoms with E-state index in [1.807, 2.05) is 6.20 Å². The largest absolute Gasteiger partial charge is 0.382 e. The molecule has 3 rings (SSSR count). The Labute approximate surface area is 133 Å². The minimum atomic E-state index is 0.932. The number of nitrogens with one attached hydrogen (secondary N) is 1. The van der Waals surface area contributed by atoms with Gasteiger partial charge in [-0.1, -0.05) is 18.2 Å². The van der Waals surface area contributed by atoms with Crippen molar-refractivity contribution in [3.63, 3.8) is 0 Å². The highest BCUT2D eigenvalue weighted by Gasteiger charge is 2.18. The molecule has 22 heavy (non-hydrogen) atoms. The Morgan fingerprint density at radius 1 is 1.23 bits per heavy atom. The van der Waals surface area contributed by atoms with Gasteiger partial charge in [0.2, 0.25) is 0 Å². The second-order valence-corrected chi connectivity index (χ2v) is 6.42. The number of aromatic nitrogens is 1. The summed E-state index contributed by atoms with van der Waals surface area (Å²) in [6, 6.07) is 6.54. The lowest BCUT2D eigenvalue weighted by Gasteiger charge is -2.21. The molecule has 0 aliphatic carbocycles. The SMILES string of the molecule is Cc1cccc2c(N3CCCC3)ncc(NCCN(C)C)c12. The average molecular weight is 298 g/mol. The molecule has 0 saturated carbocycles. The van der Waals surface area contributed by atoms with Crippen molar-refractivity contribution in [1.82, 2.24) is 9.88 Å². The summed E-state index contributed by atoms with van der Waals surface area (Å²) >= 11 is 0. The van der Waals surface area contributed by atoms with Gasteiger partial charge in [-0.25, -0.2) is 4.98 Å². The van der Waals surface area contributed by atoms with Crippen LogP contribution in [-0.4, -0.2) is 50.2 Å². The fourth-order valence-electron chi connectivity index (χ4n) is 3.20. The van der Waals surface area contributed by atoms with Crippen LogP contribution in [0, 0.1) is 6.92 Å². The van der Waals surface area contributed by atoms with Gasteiger partial charge in [0.1, 0.15) is 5.82 Å². The third-order valence-electron chi connectivity index (χ3n) is 4.38. The zero-order valence-corrected chi connectivity index (χ0v) is 13.9. The zero-order valence-electron chi connectivity index (χ0n) is 13.9. The number of likely N-dealkylation sites (N-methyl/N-ethyl adjacent to an activating group) is 1. The highest BCUT2D eigenvalue weighted by atomic mass is 15.2. The van der Waals surface area contributed by atoms with Gasteiger partial charge in [-0.15, -0.1) is 0 Å². The number of rotatable bonds is 5. The first-order chi connectivity index (χ1) is 10.7. The van der Waals surface area contributed by atoms with E-state index in [0.717, 1.165) is 37.7 Å². The first kappa shape index (κ1) is 15.1. The first-order valence-corrected chi connectivity index (χ1v) is 8.18. The molecule has 0 unspecified atom stereocenters. The third kappa shape index (κ3) is 3.02. The predicted molar refractivity (Wildman–Crippen MR) is 95.0 cm³/mol. The van der Waals surface area contributed by atoms with Crippen molar-refractivity contribution < 1.29 is 0 Å². The summed E-state index contributed by atoms with van der Waals surface area (Å²) < 4.78 is 0. The molecule has 2 heterocycles. The Morgan fingerprint density at radius 3 is 2.73 bits per heavy atom. The van der Waals surface area contributed by atoms with Gasteiger partial charge in [0.05, 0.1) is 11.9 Å². The minimum Gasteiger partial charge on any atom is -0.382 e. The fraction of sp³-hybridized carbons (Fsp3) is 0.500. The monoisotopic (exact) mass is 298 g/mol. The Balaban J connectivity index is 1.98. The molecule has 1 fully saturated rings. The second kappa shape index (κ2) is 6.53. The molecular weight excluding hydrogens is 272 g/mol. The van der Waals surface area contributed by atoms with E-state index in [4.69, 9.17) is 4.98 Å². The van der Waals surface area contributed by atoms with Gasteiger partial charge in [-0.2, -0.15) is 0 Å². The highest BCUT2D eigenvalue weighted by molar-refractivity contribution is 6.02. The Morgan fingerprint density at radius 2 is 2.00 bits per heavy atom. The van der Waals surface area contributed by atoms with Crippen molar-refractivity contribution in [2.75, 3.05) is 50.5 Å². The van der Waals surface area contributed by atoms with Gasteiger partial charge >= 0.3 is 0 Å². The summed E-state index contributed by atoms with van der Waals surface area (Å²) in [5.41, 5.74) is 2.46. The molecule has 1 aromatic heterocycles. The Kier molecular flexibility index (Phi) is 4.48. The number of fused-ring (bicyclic) bond motifs is 1. The lowest BCUT2D eigenvalue weighted by atomic mass is 10.0. The summed E-state index contributed by atoms with van der Waals surface area (Å²) in [6.07, 6.45) is 4.56. The molecule has 4 nitrogen and oxygen atoms in total. The molecule has 118 valence electrons. The van der Waals surface area contributed by atoms with Crippen LogP contribution in [0.15, 0.2) is 24.4 Å². The van der Waals surface area contributed by atoms with E-state index in [1.54, 1.807) is 0 Å². The zero-order chi connectivity index (χ0) is 15.5. The average Bonchev–Trinajstić information content (AvgIpc) is 3.01. The van der Waals surface area contributed by atoms with Gasteiger partial charge in [0, 0.05) is 37.0 Å². The third-order valence-corrected chi connectivity index (χ3v) is 4.38. The molecule has 1 aliphatic heterocycles. The molecule has 1 N–H and O–H groups in total. The molecule has 0 radical (unpaired) electrons. The summed E-state index contributed by atoms with van der Waals surface area (Å²) in [7, 11) is 4.19. The minimum absolute atomic E-state index is 0.932. The van der Waals surface area contributed by atoms with Gasteiger partial charge in [-0.3, -0.25) is 0 Å². The highest BCUT2D eigenvalue weighted by Crippen LogP contribution is 2.33. The van der Waals surface area contributed by atoms with Crippen LogP contribution in [-0.2, 0) is 0 Å². The topological polar surface area (TPSA) is 31.4 Å². The van der Waals surface area contributed by atoms with Crippen molar-refractivity contribution in [3.8, 4) is 0 Å². The van der Waals surface area contributed by atoms with Crippen molar-refractivity contribution >= 4 is 22.3 Å². The maximum atomic E-state index is 4.78. The molecular formula is C18H26N4. The van der Waals surface area contributed by atoms with Crippen LogP contribution in [0.5, 0.6) is 0 Å². The second-order valence-electron chi connectivity index (χ2n) is 6.42. The van der Waals surface area contributed by atoms with Crippen LogP contribution in [0.3, 0.4) is 0 Å². The summed E-state index contributed by atoms with van der Waals surface area (Å²) in [5.74, 6) is 1.15. The Bertz CT molecular complexity index is 645. The van der Waals surface area contributed by atoms with Crippen molar-refractivity contribution in [3.05, 3.63) is 30.0 Å². The van der Waals surface area contributed by atoms with E-state index in [1.165, 1.54) is 29.2 Å². The molecule has 0 atom stereocenters. The summed E-state index contributed by atoms with van der Waals surface area (Å²) in [4.78, 5) is 9.39. The van der Waals surface area contributed by atoms with E-state index in [0.29, 0.717) is 0 Å². The lowest BCUT2D eigenvalue weighted by molar-refractivity contribution is 0.425. The van der Waals surface area contributed by atoms with Crippen LogP contribution in [0.2, 0.25) is 0 Å². The molecule has 1 saturated heterocycles. The maximum Gasteiger partial charge on any atom is 0.136 e. The molecule has 1 aliphatic rings. The number of benzene rings is 1. The quantitative estimate of drug-likeness (QED) is 0.919. The fourth-order valence-corrected chi connectivity index (χ4v) is 3.20.